The minimum absolute atomic E-state index is 0.218. The molecule has 0 saturated heterocycles. The Balaban J connectivity index is 2.18. The first kappa shape index (κ1) is 13.3. The highest BCUT2D eigenvalue weighted by molar-refractivity contribution is 6.30. The Morgan fingerprint density at radius 3 is 2.90 bits per heavy atom. The van der Waals surface area contributed by atoms with Crippen LogP contribution in [0.1, 0.15) is 0 Å². The van der Waals surface area contributed by atoms with Crippen LogP contribution in [0.3, 0.4) is 0 Å². The van der Waals surface area contributed by atoms with Crippen LogP contribution in [0.2, 0.25) is 5.02 Å². The van der Waals surface area contributed by atoms with E-state index in [9.17, 15) is 9.59 Å². The Kier molecular flexibility index (Phi) is 3.19. The number of hydrogen-bond acceptors (Lipinski definition) is 4. The number of fused-ring (bicyclic) bond motifs is 1. The van der Waals surface area contributed by atoms with Crippen molar-refractivity contribution in [2.45, 2.75) is 6.54 Å². The molecule has 0 saturated carbocycles. The fraction of sp³-hybridized carbons (Fsp3) is 0.0769. The molecule has 7 nitrogen and oxygen atoms in total. The van der Waals surface area contributed by atoms with Crippen LogP contribution in [0.4, 0.5) is 0 Å². The van der Waals surface area contributed by atoms with Gasteiger partial charge in [-0.05, 0) is 18.2 Å². The summed E-state index contributed by atoms with van der Waals surface area (Å²) in [6.07, 6.45) is 2.68. The first-order valence-electron chi connectivity index (χ1n) is 6.03. The van der Waals surface area contributed by atoms with Crippen molar-refractivity contribution in [3.63, 3.8) is 0 Å². The van der Waals surface area contributed by atoms with E-state index < -0.39 is 5.91 Å². The zero-order valence-electron chi connectivity index (χ0n) is 10.7. The predicted molar refractivity (Wildman–Crippen MR) is 77.3 cm³/mol. The van der Waals surface area contributed by atoms with Gasteiger partial charge in [0.15, 0.2) is 5.65 Å². The second kappa shape index (κ2) is 5.02. The third-order valence-electron chi connectivity index (χ3n) is 2.93. The molecule has 0 bridgehead atoms. The zero-order valence-corrected chi connectivity index (χ0v) is 11.5. The molecule has 0 fully saturated rings. The van der Waals surface area contributed by atoms with Gasteiger partial charge in [0.25, 0.3) is 5.56 Å². The van der Waals surface area contributed by atoms with Gasteiger partial charge in [0, 0.05) is 5.02 Å². The lowest BCUT2D eigenvalue weighted by Crippen LogP contribution is -2.28. The molecule has 2 aromatic heterocycles. The molecule has 3 rings (SSSR count). The molecule has 0 aliphatic heterocycles. The van der Waals surface area contributed by atoms with Gasteiger partial charge in [0.1, 0.15) is 18.3 Å². The minimum Gasteiger partial charge on any atom is -0.368 e. The molecule has 106 valence electrons. The van der Waals surface area contributed by atoms with Crippen LogP contribution in [0.5, 0.6) is 0 Å². The predicted octanol–water partition coefficient (Wildman–Crippen LogP) is 0.721. The average molecular weight is 304 g/mol. The summed E-state index contributed by atoms with van der Waals surface area (Å²) in [5.74, 6) is -0.611. The number of primary amides is 1. The number of hydrogen-bond donors (Lipinski definition) is 1. The smallest absolute Gasteiger partial charge is 0.264 e. The van der Waals surface area contributed by atoms with E-state index in [0.29, 0.717) is 21.7 Å². The van der Waals surface area contributed by atoms with Gasteiger partial charge in [-0.2, -0.15) is 5.10 Å². The van der Waals surface area contributed by atoms with Gasteiger partial charge in [-0.3, -0.25) is 14.2 Å². The number of halogens is 1. The maximum absolute atomic E-state index is 12.2. The molecule has 0 radical (unpaired) electrons. The van der Waals surface area contributed by atoms with Crippen LogP contribution in [0.15, 0.2) is 41.6 Å². The van der Waals surface area contributed by atoms with Crippen molar-refractivity contribution in [2.75, 3.05) is 0 Å². The lowest BCUT2D eigenvalue weighted by atomic mass is 10.3. The van der Waals surface area contributed by atoms with E-state index in [1.54, 1.807) is 24.3 Å². The fourth-order valence-electron chi connectivity index (χ4n) is 2.03. The number of nitrogens with zero attached hydrogens (tertiary/aromatic N) is 4. The van der Waals surface area contributed by atoms with Crippen molar-refractivity contribution >= 4 is 28.5 Å². The van der Waals surface area contributed by atoms with Crippen LogP contribution >= 0.6 is 11.6 Å². The Hall–Kier alpha value is -2.67. The first-order valence-corrected chi connectivity index (χ1v) is 6.41. The normalized spacial score (nSPS) is 10.9. The number of aromatic nitrogens is 4. The largest absolute Gasteiger partial charge is 0.368 e. The summed E-state index contributed by atoms with van der Waals surface area (Å²) >= 11 is 5.95. The molecule has 21 heavy (non-hydrogen) atoms. The van der Waals surface area contributed by atoms with Gasteiger partial charge in [0.2, 0.25) is 5.91 Å². The topological polar surface area (TPSA) is 95.8 Å². The highest BCUT2D eigenvalue weighted by atomic mass is 35.5. The lowest BCUT2D eigenvalue weighted by Gasteiger charge is -2.04. The summed E-state index contributed by atoms with van der Waals surface area (Å²) in [6.45, 7) is -0.218. The Labute approximate surface area is 123 Å². The van der Waals surface area contributed by atoms with Gasteiger partial charge >= 0.3 is 0 Å². The molecule has 0 aliphatic rings. The van der Waals surface area contributed by atoms with Crippen molar-refractivity contribution in [1.82, 2.24) is 19.3 Å². The number of benzene rings is 1. The average Bonchev–Trinajstić information content (AvgIpc) is 2.86. The fourth-order valence-corrected chi connectivity index (χ4v) is 2.21. The monoisotopic (exact) mass is 303 g/mol. The van der Waals surface area contributed by atoms with Crippen molar-refractivity contribution in [2.24, 2.45) is 5.73 Å². The zero-order chi connectivity index (χ0) is 15.0. The van der Waals surface area contributed by atoms with E-state index in [1.165, 1.54) is 17.2 Å². The molecule has 0 atom stereocenters. The van der Waals surface area contributed by atoms with Crippen LogP contribution < -0.4 is 11.3 Å². The number of amides is 1. The third-order valence-corrected chi connectivity index (χ3v) is 3.17. The van der Waals surface area contributed by atoms with E-state index in [4.69, 9.17) is 17.3 Å². The standard InChI is InChI=1S/C13H10ClN5O2/c14-8-2-1-3-9(4-8)19-12-10(5-17-19)13(21)18(7-16-12)6-11(15)20/h1-5,7H,6H2,(H2,15,20). The van der Waals surface area contributed by atoms with Gasteiger partial charge in [-0.15, -0.1) is 0 Å². The summed E-state index contributed by atoms with van der Waals surface area (Å²) in [6, 6.07) is 7.03. The highest BCUT2D eigenvalue weighted by Crippen LogP contribution is 2.17. The van der Waals surface area contributed by atoms with Gasteiger partial charge in [-0.1, -0.05) is 17.7 Å². The van der Waals surface area contributed by atoms with E-state index >= 15 is 0 Å². The van der Waals surface area contributed by atoms with Crippen LogP contribution in [-0.4, -0.2) is 25.2 Å². The van der Waals surface area contributed by atoms with Crippen molar-refractivity contribution in [3.05, 3.63) is 52.2 Å². The molecule has 0 spiro atoms. The molecule has 1 aromatic carbocycles. The molecular weight excluding hydrogens is 294 g/mol. The maximum atomic E-state index is 12.2. The maximum Gasteiger partial charge on any atom is 0.264 e. The van der Waals surface area contributed by atoms with Crippen LogP contribution in [0, 0.1) is 0 Å². The van der Waals surface area contributed by atoms with Crippen molar-refractivity contribution < 1.29 is 4.79 Å². The van der Waals surface area contributed by atoms with Crippen LogP contribution in [-0.2, 0) is 11.3 Å². The molecule has 1 amide bonds. The van der Waals surface area contributed by atoms with E-state index in [1.807, 2.05) is 0 Å². The lowest BCUT2D eigenvalue weighted by molar-refractivity contribution is -0.118. The minimum atomic E-state index is -0.611. The SMILES string of the molecule is NC(=O)Cn1cnc2c(cnn2-c2cccc(Cl)c2)c1=O. The third kappa shape index (κ3) is 2.38. The van der Waals surface area contributed by atoms with Gasteiger partial charge in [-0.25, -0.2) is 9.67 Å². The molecular formula is C13H10ClN5O2. The molecule has 0 aliphatic carbocycles. The summed E-state index contributed by atoms with van der Waals surface area (Å²) in [5.41, 5.74) is 5.80. The van der Waals surface area contributed by atoms with Gasteiger partial charge < -0.3 is 5.73 Å². The number of carbonyl (C=O) groups is 1. The highest BCUT2D eigenvalue weighted by Gasteiger charge is 2.12. The van der Waals surface area contributed by atoms with E-state index in [-0.39, 0.29) is 12.1 Å². The number of rotatable bonds is 3. The molecule has 2 N–H and O–H groups in total. The Bertz CT molecular complexity index is 899. The summed E-state index contributed by atoms with van der Waals surface area (Å²) in [4.78, 5) is 27.3. The summed E-state index contributed by atoms with van der Waals surface area (Å²) in [5, 5.41) is 5.01. The second-order valence-electron chi connectivity index (χ2n) is 4.42. The Morgan fingerprint density at radius 2 is 2.19 bits per heavy atom. The first-order chi connectivity index (χ1) is 10.1. The molecule has 3 aromatic rings. The molecule has 0 unspecified atom stereocenters. The Morgan fingerprint density at radius 1 is 1.38 bits per heavy atom. The van der Waals surface area contributed by atoms with Crippen LogP contribution in [0.25, 0.3) is 16.7 Å². The molecule has 8 heteroatoms. The van der Waals surface area contributed by atoms with Crippen molar-refractivity contribution in [3.8, 4) is 5.69 Å². The quantitative estimate of drug-likeness (QED) is 0.771. The molecule has 2 heterocycles. The summed E-state index contributed by atoms with van der Waals surface area (Å²) in [7, 11) is 0. The second-order valence-corrected chi connectivity index (χ2v) is 4.85. The van der Waals surface area contributed by atoms with E-state index in [0.717, 1.165) is 4.57 Å². The van der Waals surface area contributed by atoms with Gasteiger partial charge in [0.05, 0.1) is 11.9 Å². The number of nitrogens with two attached hydrogens (primary N) is 1. The summed E-state index contributed by atoms with van der Waals surface area (Å²) < 4.78 is 2.66. The van der Waals surface area contributed by atoms with Crippen molar-refractivity contribution in [1.29, 1.82) is 0 Å². The number of carbonyl (C=O) groups excluding carboxylic acids is 1. The van der Waals surface area contributed by atoms with E-state index in [2.05, 4.69) is 10.1 Å².